The van der Waals surface area contributed by atoms with Crippen LogP contribution in [0, 0.1) is 24.0 Å². The molecule has 29 heavy (non-hydrogen) atoms. The molecular formula is C24H21N3O2. The summed E-state index contributed by atoms with van der Waals surface area (Å²) >= 11 is 0. The molecule has 0 saturated carbocycles. The van der Waals surface area contributed by atoms with Crippen LogP contribution in [0.4, 0.5) is 11.5 Å². The first-order chi connectivity index (χ1) is 14.0. The summed E-state index contributed by atoms with van der Waals surface area (Å²) in [7, 11) is 0. The number of nitro groups is 1. The van der Waals surface area contributed by atoms with Crippen LogP contribution in [0.2, 0.25) is 0 Å². The molecule has 0 fully saturated rings. The molecule has 0 aliphatic heterocycles. The molecule has 4 aromatic rings. The van der Waals surface area contributed by atoms with Crippen molar-refractivity contribution in [2.75, 3.05) is 5.32 Å². The quantitative estimate of drug-likeness (QED) is 0.337. The Bertz CT molecular complexity index is 1190. The molecule has 1 aromatic heterocycles. The number of pyridine rings is 1. The summed E-state index contributed by atoms with van der Waals surface area (Å²) in [5.41, 5.74) is 4.38. The molecule has 0 saturated heterocycles. The van der Waals surface area contributed by atoms with Crippen LogP contribution < -0.4 is 5.32 Å². The molecule has 0 spiro atoms. The monoisotopic (exact) mass is 383 g/mol. The van der Waals surface area contributed by atoms with Gasteiger partial charge in [-0.05, 0) is 31.5 Å². The number of hydrogen-bond acceptors (Lipinski definition) is 4. The number of hydrogen-bond donors (Lipinski definition) is 1. The van der Waals surface area contributed by atoms with Crippen molar-refractivity contribution in [2.45, 2.75) is 20.4 Å². The van der Waals surface area contributed by atoms with Gasteiger partial charge in [0.25, 0.3) is 0 Å². The van der Waals surface area contributed by atoms with E-state index in [0.29, 0.717) is 23.4 Å². The van der Waals surface area contributed by atoms with Crippen LogP contribution in [0.1, 0.15) is 16.7 Å². The molecule has 0 unspecified atom stereocenters. The predicted molar refractivity (Wildman–Crippen MR) is 117 cm³/mol. The van der Waals surface area contributed by atoms with Crippen LogP contribution in [0.25, 0.3) is 22.0 Å². The summed E-state index contributed by atoms with van der Waals surface area (Å²) < 4.78 is 0. The fraction of sp³-hybridized carbons (Fsp3) is 0.125. The smallest absolute Gasteiger partial charge is 0.303 e. The molecule has 0 bridgehead atoms. The van der Waals surface area contributed by atoms with Gasteiger partial charge in [0.2, 0.25) is 0 Å². The van der Waals surface area contributed by atoms with Crippen molar-refractivity contribution >= 4 is 22.3 Å². The standard InChI is InChI=1S/C24H21N3O2/c1-16-8-11-19(12-9-16)22-23(27(28)29)20-13-10-17(2)14-21(20)24(26-22)25-15-18-6-4-3-5-7-18/h3-14H,15H2,1-2H3,(H,25,26). The predicted octanol–water partition coefficient (Wildman–Crippen LogP) is 6.04. The lowest BCUT2D eigenvalue weighted by Gasteiger charge is -2.13. The van der Waals surface area contributed by atoms with Crippen LogP contribution in [0.5, 0.6) is 0 Å². The number of nitrogens with one attached hydrogen (secondary N) is 1. The maximum Gasteiger partial charge on any atom is 0.303 e. The third kappa shape index (κ3) is 3.80. The van der Waals surface area contributed by atoms with Gasteiger partial charge in [-0.1, -0.05) is 71.8 Å². The number of anilines is 1. The lowest BCUT2D eigenvalue weighted by Crippen LogP contribution is -2.05. The van der Waals surface area contributed by atoms with Crippen molar-refractivity contribution in [3.63, 3.8) is 0 Å². The van der Waals surface area contributed by atoms with Gasteiger partial charge in [0, 0.05) is 17.5 Å². The van der Waals surface area contributed by atoms with Crippen molar-refractivity contribution in [1.29, 1.82) is 0 Å². The second kappa shape index (κ2) is 7.72. The molecular weight excluding hydrogens is 362 g/mol. The van der Waals surface area contributed by atoms with Crippen molar-refractivity contribution in [2.24, 2.45) is 0 Å². The third-order valence-corrected chi connectivity index (χ3v) is 4.94. The molecule has 0 atom stereocenters. The SMILES string of the molecule is Cc1ccc(-c2nc(NCc3ccccc3)c3cc(C)ccc3c2[N+](=O)[O-])cc1. The number of benzene rings is 3. The van der Waals surface area contributed by atoms with Crippen LogP contribution in [-0.2, 0) is 6.54 Å². The lowest BCUT2D eigenvalue weighted by atomic mass is 10.0. The largest absolute Gasteiger partial charge is 0.365 e. The van der Waals surface area contributed by atoms with E-state index >= 15 is 0 Å². The molecule has 4 rings (SSSR count). The molecule has 1 N–H and O–H groups in total. The van der Waals surface area contributed by atoms with Crippen LogP contribution in [0.3, 0.4) is 0 Å². The highest BCUT2D eigenvalue weighted by Gasteiger charge is 2.24. The fourth-order valence-electron chi connectivity index (χ4n) is 3.43. The number of aromatic nitrogens is 1. The minimum Gasteiger partial charge on any atom is -0.365 e. The Morgan fingerprint density at radius 1 is 0.897 bits per heavy atom. The van der Waals surface area contributed by atoms with Crippen molar-refractivity contribution in [3.05, 3.63) is 99.6 Å². The van der Waals surface area contributed by atoms with Gasteiger partial charge in [0.15, 0.2) is 5.69 Å². The highest BCUT2D eigenvalue weighted by Crippen LogP contribution is 2.38. The van der Waals surface area contributed by atoms with Crippen molar-refractivity contribution < 1.29 is 4.92 Å². The molecule has 5 heteroatoms. The van der Waals surface area contributed by atoms with E-state index in [-0.39, 0.29) is 10.6 Å². The zero-order valence-corrected chi connectivity index (χ0v) is 16.3. The van der Waals surface area contributed by atoms with Gasteiger partial charge in [-0.25, -0.2) is 4.98 Å². The summed E-state index contributed by atoms with van der Waals surface area (Å²) in [5, 5.41) is 16.7. The maximum atomic E-state index is 12.0. The average Bonchev–Trinajstić information content (AvgIpc) is 2.72. The van der Waals surface area contributed by atoms with Crippen molar-refractivity contribution in [1.82, 2.24) is 4.98 Å². The zero-order valence-electron chi connectivity index (χ0n) is 16.3. The zero-order chi connectivity index (χ0) is 20.4. The Morgan fingerprint density at radius 2 is 1.59 bits per heavy atom. The van der Waals surface area contributed by atoms with Gasteiger partial charge in [0.1, 0.15) is 5.82 Å². The average molecular weight is 383 g/mol. The first-order valence-electron chi connectivity index (χ1n) is 9.46. The second-order valence-corrected chi connectivity index (χ2v) is 7.17. The number of fused-ring (bicyclic) bond motifs is 1. The van der Waals surface area contributed by atoms with E-state index in [1.54, 1.807) is 0 Å². The summed E-state index contributed by atoms with van der Waals surface area (Å²) in [4.78, 5) is 16.4. The summed E-state index contributed by atoms with van der Waals surface area (Å²) in [5.74, 6) is 0.647. The lowest BCUT2D eigenvalue weighted by molar-refractivity contribution is -0.382. The van der Waals surface area contributed by atoms with Crippen molar-refractivity contribution in [3.8, 4) is 11.3 Å². The number of aryl methyl sites for hydroxylation is 2. The molecule has 144 valence electrons. The third-order valence-electron chi connectivity index (χ3n) is 4.94. The summed E-state index contributed by atoms with van der Waals surface area (Å²) in [6.07, 6.45) is 0. The maximum absolute atomic E-state index is 12.0. The number of rotatable bonds is 5. The highest BCUT2D eigenvalue weighted by atomic mass is 16.6. The van der Waals surface area contributed by atoms with Gasteiger partial charge in [0.05, 0.1) is 10.3 Å². The topological polar surface area (TPSA) is 68.1 Å². The molecule has 0 aliphatic rings. The van der Waals surface area contributed by atoms with Crippen LogP contribution in [0.15, 0.2) is 72.8 Å². The molecule has 3 aromatic carbocycles. The normalized spacial score (nSPS) is 10.8. The molecule has 0 radical (unpaired) electrons. The first kappa shape index (κ1) is 18.6. The second-order valence-electron chi connectivity index (χ2n) is 7.17. The van der Waals surface area contributed by atoms with E-state index in [1.165, 1.54) is 0 Å². The van der Waals surface area contributed by atoms with E-state index in [4.69, 9.17) is 4.98 Å². The fourth-order valence-corrected chi connectivity index (χ4v) is 3.43. The Kier molecular flexibility index (Phi) is 4.96. The molecule has 5 nitrogen and oxygen atoms in total. The van der Waals surface area contributed by atoms with Gasteiger partial charge < -0.3 is 5.32 Å². The van der Waals surface area contributed by atoms with Crippen LogP contribution in [-0.4, -0.2) is 9.91 Å². The van der Waals surface area contributed by atoms with E-state index in [1.807, 2.05) is 86.6 Å². The van der Waals surface area contributed by atoms with Gasteiger partial charge in [-0.15, -0.1) is 0 Å². The van der Waals surface area contributed by atoms with E-state index in [0.717, 1.165) is 27.6 Å². The molecule has 1 heterocycles. The Hall–Kier alpha value is -3.73. The minimum atomic E-state index is -0.333. The van der Waals surface area contributed by atoms with Crippen LogP contribution >= 0.6 is 0 Å². The Morgan fingerprint density at radius 3 is 2.28 bits per heavy atom. The van der Waals surface area contributed by atoms with Gasteiger partial charge >= 0.3 is 5.69 Å². The molecule has 0 aliphatic carbocycles. The first-order valence-corrected chi connectivity index (χ1v) is 9.46. The van der Waals surface area contributed by atoms with Gasteiger partial charge in [-0.2, -0.15) is 0 Å². The summed E-state index contributed by atoms with van der Waals surface area (Å²) in [6, 6.07) is 23.3. The highest BCUT2D eigenvalue weighted by molar-refractivity contribution is 6.02. The van der Waals surface area contributed by atoms with Gasteiger partial charge in [-0.3, -0.25) is 10.1 Å². The van der Waals surface area contributed by atoms with E-state index < -0.39 is 0 Å². The van der Waals surface area contributed by atoms with E-state index in [9.17, 15) is 10.1 Å². The number of nitrogens with zero attached hydrogens (tertiary/aromatic N) is 2. The molecule has 0 amide bonds. The summed E-state index contributed by atoms with van der Waals surface area (Å²) in [6.45, 7) is 4.55. The van der Waals surface area contributed by atoms with E-state index in [2.05, 4.69) is 5.32 Å². The Balaban J connectivity index is 1.91. The minimum absolute atomic E-state index is 0.0362. The Labute approximate surface area is 169 Å².